The van der Waals surface area contributed by atoms with Crippen LogP contribution >= 0.6 is 0 Å². The first-order valence-corrected chi connectivity index (χ1v) is 5.70. The van der Waals surface area contributed by atoms with E-state index in [4.69, 9.17) is 4.55 Å². The molecule has 0 saturated heterocycles. The molecule has 0 radical (unpaired) electrons. The van der Waals surface area contributed by atoms with Crippen LogP contribution in [-0.2, 0) is 24.1 Å². The van der Waals surface area contributed by atoms with Gasteiger partial charge in [-0.15, -0.1) is 3.63 Å². The molecule has 0 atom stereocenters. The van der Waals surface area contributed by atoms with Gasteiger partial charge in [0.25, 0.3) is 0 Å². The maximum absolute atomic E-state index is 10.6. The van der Waals surface area contributed by atoms with Gasteiger partial charge < -0.3 is 0 Å². The normalized spacial score (nSPS) is 13.8. The minimum Gasteiger partial charge on any atom is -0.263 e. The van der Waals surface area contributed by atoms with Crippen LogP contribution < -0.4 is 0 Å². The Kier molecular flexibility index (Phi) is 3.84. The first-order valence-electron chi connectivity index (χ1n) is 2.87. The van der Waals surface area contributed by atoms with Crippen LogP contribution in [0.4, 0.5) is 0 Å². The highest BCUT2D eigenvalue weighted by molar-refractivity contribution is 7.99. The molecule has 0 bridgehead atoms. The molecule has 0 aliphatic rings. The molecule has 0 aliphatic heterocycles. The van der Waals surface area contributed by atoms with Crippen molar-refractivity contribution >= 4 is 20.5 Å². The van der Waals surface area contributed by atoms with Gasteiger partial charge in [0.05, 0.1) is 5.41 Å². The van der Waals surface area contributed by atoms with Gasteiger partial charge >= 0.3 is 20.5 Å². The zero-order valence-corrected chi connectivity index (χ0v) is 7.80. The second-order valence-electron chi connectivity index (χ2n) is 1.77. The van der Waals surface area contributed by atoms with E-state index >= 15 is 0 Å². The second kappa shape index (κ2) is 3.99. The van der Waals surface area contributed by atoms with Gasteiger partial charge in [-0.3, -0.25) is 4.55 Å². The molecule has 1 N–H and O–H groups in total. The quantitative estimate of drug-likeness (QED) is 0.667. The summed E-state index contributed by atoms with van der Waals surface area (Å²) in [7, 11) is -9.27. The molecule has 0 aromatic rings. The average Bonchev–Trinajstić information content (AvgIpc) is 1.78. The summed E-state index contributed by atoms with van der Waals surface area (Å²) in [5.41, 5.74) is 0. The van der Waals surface area contributed by atoms with Crippen molar-refractivity contribution in [2.45, 2.75) is 13.3 Å². The first kappa shape index (κ1) is 11.6. The van der Waals surface area contributed by atoms with E-state index in [-0.39, 0.29) is 0 Å². The summed E-state index contributed by atoms with van der Waals surface area (Å²) >= 11 is 0. The van der Waals surface area contributed by atoms with Crippen LogP contribution in [0.1, 0.15) is 13.3 Å². The molecule has 8 heteroatoms. The molecule has 0 rings (SSSR count). The molecular formula is C4H8O6S2. The van der Waals surface area contributed by atoms with E-state index in [2.05, 4.69) is 3.63 Å². The molecule has 0 saturated carbocycles. The van der Waals surface area contributed by atoms with Crippen molar-refractivity contribution in [2.24, 2.45) is 0 Å². The van der Waals surface area contributed by atoms with Crippen LogP contribution in [0.5, 0.6) is 0 Å². The Hall–Kier alpha value is -0.440. The van der Waals surface area contributed by atoms with E-state index in [1.165, 1.54) is 6.08 Å². The number of allylic oxidation sites excluding steroid dienone is 1. The van der Waals surface area contributed by atoms with Gasteiger partial charge in [-0.2, -0.15) is 16.8 Å². The molecule has 6 nitrogen and oxygen atoms in total. The largest absolute Gasteiger partial charge is 0.412 e. The van der Waals surface area contributed by atoms with E-state index in [1.807, 2.05) is 0 Å². The Morgan fingerprint density at radius 3 is 2.17 bits per heavy atom. The summed E-state index contributed by atoms with van der Waals surface area (Å²) in [6, 6.07) is 0. The minimum atomic E-state index is -4.95. The van der Waals surface area contributed by atoms with Crippen LogP contribution in [0, 0.1) is 0 Å². The second-order valence-corrected chi connectivity index (χ2v) is 4.43. The number of hydrogen-bond acceptors (Lipinski definition) is 5. The average molecular weight is 216 g/mol. The monoisotopic (exact) mass is 216 g/mol. The summed E-state index contributed by atoms with van der Waals surface area (Å²) in [4.78, 5) is 0. The molecule has 72 valence electrons. The van der Waals surface area contributed by atoms with Crippen molar-refractivity contribution in [1.82, 2.24) is 0 Å². The van der Waals surface area contributed by atoms with Crippen LogP contribution in [-0.4, -0.2) is 21.4 Å². The van der Waals surface area contributed by atoms with Gasteiger partial charge in [-0.25, -0.2) is 0 Å². The summed E-state index contributed by atoms with van der Waals surface area (Å²) in [6.45, 7) is 1.65. The standard InChI is InChI=1S/C4H8O6S2/c1-2-3-4-11(5,6)10-12(7,8)9/h3-4H,2H2,1H3,(H,7,8,9). The van der Waals surface area contributed by atoms with Gasteiger partial charge in [0.2, 0.25) is 0 Å². The van der Waals surface area contributed by atoms with Crippen LogP contribution in [0.2, 0.25) is 0 Å². The highest BCUT2D eigenvalue weighted by Crippen LogP contribution is 2.00. The van der Waals surface area contributed by atoms with Crippen molar-refractivity contribution < 1.29 is 25.0 Å². The van der Waals surface area contributed by atoms with Crippen molar-refractivity contribution in [1.29, 1.82) is 0 Å². The molecule has 12 heavy (non-hydrogen) atoms. The lowest BCUT2D eigenvalue weighted by Crippen LogP contribution is -2.09. The predicted octanol–water partition coefficient (Wildman–Crippen LogP) is 0.0593. The lowest BCUT2D eigenvalue weighted by Gasteiger charge is -1.94. The van der Waals surface area contributed by atoms with E-state index in [0.717, 1.165) is 0 Å². The van der Waals surface area contributed by atoms with Gasteiger partial charge in [0.15, 0.2) is 0 Å². The van der Waals surface area contributed by atoms with Gasteiger partial charge in [0.1, 0.15) is 0 Å². The van der Waals surface area contributed by atoms with Gasteiger partial charge in [0, 0.05) is 0 Å². The zero-order chi connectivity index (χ0) is 9.83. The first-order chi connectivity index (χ1) is 5.27. The maximum atomic E-state index is 10.6. The Morgan fingerprint density at radius 2 is 1.83 bits per heavy atom. The van der Waals surface area contributed by atoms with Crippen molar-refractivity contribution in [3.8, 4) is 0 Å². The predicted molar refractivity (Wildman–Crippen MR) is 41.0 cm³/mol. The fourth-order valence-corrected chi connectivity index (χ4v) is 1.92. The molecule has 0 unspecified atom stereocenters. The van der Waals surface area contributed by atoms with Gasteiger partial charge in [-0.05, 0) is 6.42 Å². The third-order valence-electron chi connectivity index (χ3n) is 0.679. The Bertz CT molecular complexity index is 347. The highest BCUT2D eigenvalue weighted by atomic mass is 32.3. The van der Waals surface area contributed by atoms with Crippen LogP contribution in [0.25, 0.3) is 0 Å². The third-order valence-corrected chi connectivity index (χ3v) is 2.65. The third kappa shape index (κ3) is 6.28. The van der Waals surface area contributed by atoms with Crippen molar-refractivity contribution in [3.63, 3.8) is 0 Å². The van der Waals surface area contributed by atoms with E-state index in [9.17, 15) is 16.8 Å². The summed E-state index contributed by atoms with van der Waals surface area (Å²) < 4.78 is 52.3. The molecule has 0 aromatic heterocycles. The Labute approximate surface area is 70.9 Å². The molecule has 0 fully saturated rings. The van der Waals surface area contributed by atoms with Crippen molar-refractivity contribution in [3.05, 3.63) is 11.5 Å². The Balaban J connectivity index is 4.58. The minimum absolute atomic E-state index is 0.411. The molecule has 0 spiro atoms. The zero-order valence-electron chi connectivity index (χ0n) is 6.17. The summed E-state index contributed by atoms with van der Waals surface area (Å²) in [5, 5.41) is 0.556. The molecule has 0 heterocycles. The number of rotatable bonds is 4. The van der Waals surface area contributed by atoms with Crippen LogP contribution in [0.15, 0.2) is 11.5 Å². The summed E-state index contributed by atoms with van der Waals surface area (Å²) in [6.07, 6.45) is 1.59. The molecule has 0 aliphatic carbocycles. The lowest BCUT2D eigenvalue weighted by atomic mass is 10.5. The van der Waals surface area contributed by atoms with Crippen LogP contribution in [0.3, 0.4) is 0 Å². The SMILES string of the molecule is CCC=CS(=O)(=O)OS(=O)(=O)O. The Morgan fingerprint density at radius 1 is 1.33 bits per heavy atom. The summed E-state index contributed by atoms with van der Waals surface area (Å²) in [5.74, 6) is 0. The van der Waals surface area contributed by atoms with E-state index < -0.39 is 20.5 Å². The molecule has 0 aromatic carbocycles. The topological polar surface area (TPSA) is 97.7 Å². The number of hydrogen-bond donors (Lipinski definition) is 1. The lowest BCUT2D eigenvalue weighted by molar-refractivity contribution is 0.387. The smallest absolute Gasteiger partial charge is 0.263 e. The fourth-order valence-electron chi connectivity index (χ4n) is 0.357. The molecule has 0 amide bonds. The fraction of sp³-hybridized carbons (Fsp3) is 0.500. The van der Waals surface area contributed by atoms with Gasteiger partial charge in [-0.1, -0.05) is 13.0 Å². The van der Waals surface area contributed by atoms with Crippen molar-refractivity contribution in [2.75, 3.05) is 0 Å². The van der Waals surface area contributed by atoms with E-state index in [1.54, 1.807) is 6.92 Å². The van der Waals surface area contributed by atoms with E-state index in [0.29, 0.717) is 11.8 Å². The molecular weight excluding hydrogens is 208 g/mol. The maximum Gasteiger partial charge on any atom is 0.412 e. The highest BCUT2D eigenvalue weighted by Gasteiger charge is 2.16.